The normalized spacial score (nSPS) is 16.6. The third-order valence-electron chi connectivity index (χ3n) is 13.1. The summed E-state index contributed by atoms with van der Waals surface area (Å²) in [6.45, 7) is -1.40. The van der Waals surface area contributed by atoms with E-state index in [9.17, 15) is 76.0 Å². The summed E-state index contributed by atoms with van der Waals surface area (Å²) in [6.07, 6.45) is -13.0. The van der Waals surface area contributed by atoms with E-state index in [0.29, 0.717) is 11.0 Å². The molecule has 0 radical (unpaired) electrons. The van der Waals surface area contributed by atoms with Crippen LogP contribution in [0.15, 0.2) is 42.5 Å². The van der Waals surface area contributed by atoms with Gasteiger partial charge >= 0.3 is 32.2 Å². The molecule has 3 aromatic heterocycles. The van der Waals surface area contributed by atoms with Gasteiger partial charge in [0.25, 0.3) is 11.8 Å². The lowest BCUT2D eigenvalue weighted by molar-refractivity contribution is -0.155. The molecule has 36 heteroatoms. The first-order valence-electron chi connectivity index (χ1n) is 25.0. The molecule has 7 rings (SSSR count). The zero-order valence-electron chi connectivity index (χ0n) is 45.5. The van der Waals surface area contributed by atoms with E-state index in [1.807, 2.05) is 0 Å². The minimum atomic E-state index is -5.27. The number of pyridine rings is 1. The molecule has 1 saturated carbocycles. The van der Waals surface area contributed by atoms with Gasteiger partial charge in [-0.15, -0.1) is 0 Å². The molecule has 1 fully saturated rings. The predicted molar refractivity (Wildman–Crippen MR) is 279 cm³/mol. The van der Waals surface area contributed by atoms with Crippen LogP contribution in [0.4, 0.5) is 48.7 Å². The lowest BCUT2D eigenvalue weighted by Crippen LogP contribution is -2.44. The van der Waals surface area contributed by atoms with Crippen molar-refractivity contribution in [2.24, 2.45) is 5.92 Å². The highest BCUT2D eigenvalue weighted by atomic mass is 35.5. The Balaban J connectivity index is 1.38. The SMILES string of the molecule is CC(C)(C)OC(=O)CCN(CC(=O)N(Cc1nn(CC(F)(F)F)c2c(-c3ccc(C#CC(C)(C)S(C)(=O)=O)nc3[C@H](Cc3cc(F)cc(F)c3)NC(=O)Cn3nc(C(F)(F)F)c4c3C(F)(F)[C@@H]3C[C@H]43)ccc(Cl)c12)S(=O)[O-])C(=O)OCOP(=O)(O)O. The van der Waals surface area contributed by atoms with Crippen molar-refractivity contribution in [1.29, 1.82) is 0 Å². The van der Waals surface area contributed by atoms with Crippen molar-refractivity contribution in [3.8, 4) is 23.0 Å². The average Bonchev–Trinajstić information content (AvgIpc) is 1.53. The summed E-state index contributed by atoms with van der Waals surface area (Å²) in [5.41, 5.74) is -8.06. The molecule has 0 aliphatic heterocycles. The maximum Gasteiger partial charge on any atom is 0.472 e. The first-order chi connectivity index (χ1) is 39.4. The maximum atomic E-state index is 15.7. The van der Waals surface area contributed by atoms with E-state index in [1.54, 1.807) is 0 Å². The lowest BCUT2D eigenvalue weighted by atomic mass is 9.93. The van der Waals surface area contributed by atoms with Crippen LogP contribution in [0, 0.1) is 29.4 Å². The summed E-state index contributed by atoms with van der Waals surface area (Å²) in [5.74, 6) is -7.93. The number of amides is 3. The van der Waals surface area contributed by atoms with Gasteiger partial charge < -0.3 is 29.1 Å². The number of phosphoric ester groups is 1. The number of aromatic nitrogens is 5. The fraction of sp³-hybridized carbons (Fsp3) is 0.460. The number of nitrogens with zero attached hydrogens (tertiary/aromatic N) is 7. The number of esters is 1. The van der Waals surface area contributed by atoms with Crippen LogP contribution in [0.25, 0.3) is 22.0 Å². The summed E-state index contributed by atoms with van der Waals surface area (Å²) in [7, 11) is -9.24. The molecule has 468 valence electrons. The molecular weight excluding hydrogens is 1260 g/mol. The largest absolute Gasteiger partial charge is 0.755 e. The van der Waals surface area contributed by atoms with Crippen LogP contribution in [0.5, 0.6) is 0 Å². The van der Waals surface area contributed by atoms with E-state index in [4.69, 9.17) is 26.1 Å². The molecule has 2 aliphatic carbocycles. The number of ether oxygens (including phenoxy) is 2. The fourth-order valence-electron chi connectivity index (χ4n) is 9.15. The number of sulfone groups is 1. The average molecular weight is 1310 g/mol. The van der Waals surface area contributed by atoms with Crippen LogP contribution in [-0.4, -0.2) is 127 Å². The van der Waals surface area contributed by atoms with Gasteiger partial charge in [0.2, 0.25) is 12.7 Å². The van der Waals surface area contributed by atoms with E-state index >= 15 is 8.78 Å². The third-order valence-corrected chi connectivity index (χ3v) is 16.5. The zero-order chi connectivity index (χ0) is 64.2. The molecule has 1 unspecified atom stereocenters. The van der Waals surface area contributed by atoms with Crippen LogP contribution < -0.4 is 5.32 Å². The van der Waals surface area contributed by atoms with Crippen molar-refractivity contribution < 1.29 is 109 Å². The number of hydrogen-bond acceptors (Lipinski definition) is 15. The van der Waals surface area contributed by atoms with Gasteiger partial charge in [-0.1, -0.05) is 23.6 Å². The molecule has 2 aliphatic rings. The van der Waals surface area contributed by atoms with Gasteiger partial charge in [-0.05, 0) is 95.2 Å². The van der Waals surface area contributed by atoms with Crippen molar-refractivity contribution in [3.05, 3.63) is 98.7 Å². The molecule has 0 spiro atoms. The van der Waals surface area contributed by atoms with E-state index in [0.717, 1.165) is 42.7 Å². The molecular formula is C50H49ClF10N8O14PS2-. The Morgan fingerprint density at radius 3 is 2.21 bits per heavy atom. The molecule has 0 saturated heterocycles. The van der Waals surface area contributed by atoms with E-state index in [-0.39, 0.29) is 36.9 Å². The van der Waals surface area contributed by atoms with E-state index in [1.165, 1.54) is 34.6 Å². The first-order valence-corrected chi connectivity index (χ1v) is 29.8. The number of phosphoric acid groups is 1. The summed E-state index contributed by atoms with van der Waals surface area (Å²) >= 11 is 2.97. The highest BCUT2D eigenvalue weighted by Gasteiger charge is 2.68. The van der Waals surface area contributed by atoms with Crippen molar-refractivity contribution >= 4 is 75.3 Å². The third kappa shape index (κ3) is 15.9. The molecule has 4 atom stereocenters. The van der Waals surface area contributed by atoms with E-state index in [2.05, 4.69) is 41.6 Å². The van der Waals surface area contributed by atoms with Crippen molar-refractivity contribution in [2.75, 3.05) is 26.1 Å². The Hall–Kier alpha value is -6.73. The van der Waals surface area contributed by atoms with Crippen LogP contribution >= 0.6 is 19.4 Å². The molecule has 3 amide bonds. The highest BCUT2D eigenvalue weighted by Crippen LogP contribution is 2.68. The summed E-state index contributed by atoms with van der Waals surface area (Å²) in [6, 6.07) is 4.45. The Morgan fingerprint density at radius 1 is 0.988 bits per heavy atom. The Bertz CT molecular complexity index is 3770. The van der Waals surface area contributed by atoms with Gasteiger partial charge in [0.15, 0.2) is 15.5 Å². The smallest absolute Gasteiger partial charge is 0.472 e. The number of hydrogen-bond donors (Lipinski definition) is 3. The number of halogens is 11. The summed E-state index contributed by atoms with van der Waals surface area (Å²) in [4.78, 5) is 77.0. The number of carbonyl (C=O) groups is 4. The van der Waals surface area contributed by atoms with Crippen molar-refractivity contribution in [1.82, 2.24) is 39.1 Å². The van der Waals surface area contributed by atoms with E-state index < -0.39 is 213 Å². The number of alkyl halides is 8. The van der Waals surface area contributed by atoms with Gasteiger partial charge in [-0.3, -0.25) is 37.2 Å². The Morgan fingerprint density at radius 2 is 1.63 bits per heavy atom. The molecule has 22 nitrogen and oxygen atoms in total. The maximum absolute atomic E-state index is 15.7. The first kappa shape index (κ1) is 66.8. The monoisotopic (exact) mass is 1310 g/mol. The van der Waals surface area contributed by atoms with Crippen LogP contribution in [0.1, 0.15) is 99.0 Å². The second kappa shape index (κ2) is 24.4. The molecule has 3 heterocycles. The van der Waals surface area contributed by atoms with Crippen LogP contribution in [0.3, 0.4) is 0 Å². The van der Waals surface area contributed by atoms with Crippen molar-refractivity contribution in [3.63, 3.8) is 0 Å². The second-order valence-corrected chi connectivity index (χ2v) is 26.3. The molecule has 2 aromatic carbocycles. The van der Waals surface area contributed by atoms with Gasteiger partial charge in [0.1, 0.15) is 53.0 Å². The quantitative estimate of drug-likeness (QED) is 0.0168. The molecule has 3 N–H and O–H groups in total. The second-order valence-electron chi connectivity index (χ2n) is 21.2. The van der Waals surface area contributed by atoms with Crippen LogP contribution in [0.2, 0.25) is 5.02 Å². The predicted octanol–water partition coefficient (Wildman–Crippen LogP) is 7.65. The number of carbonyl (C=O) groups excluding carboxylic acids is 4. The minimum Gasteiger partial charge on any atom is -0.755 e. The highest BCUT2D eigenvalue weighted by molar-refractivity contribution is 7.92. The van der Waals surface area contributed by atoms with Gasteiger partial charge in [0, 0.05) is 46.9 Å². The molecule has 0 bridgehead atoms. The Kier molecular flexibility index (Phi) is 19.0. The van der Waals surface area contributed by atoms with Gasteiger partial charge in [-0.2, -0.15) is 45.3 Å². The minimum absolute atomic E-state index is 0.0453. The number of fused-ring (bicyclic) bond motifs is 4. The standard InChI is InChI=1S/C50H50ClF10N8O14PS2/c1-46(2,3)83-38(72)12-14-66(45(73)81-24-82-84(74,75)76)22-37(71)69(85(77)78)20-35-40-33(51)10-9-30(42(40)68(64-35)23-48(54,55)56)29-8-7-28(11-13-47(4,5)86(6,79)80)62-41(29)34(17-25-15-26(52)18-27(53)16-25)63-36(70)21-67-44-39(43(65-67)50(59,60)61)31-19-32(31)49(44,57)58/h7-10,15-16,18,31-32,34H,12,14,17,19-24H2,1-6H3,(H,63,70)(H,77,78)(H2,74,75,76)/p-1/t31-,32+,34-/m0/s1. The van der Waals surface area contributed by atoms with Gasteiger partial charge in [0.05, 0.1) is 52.2 Å². The zero-order valence-corrected chi connectivity index (χ0v) is 48.8. The Labute approximate surface area is 489 Å². The number of nitrogens with one attached hydrogen (secondary N) is 1. The molecule has 86 heavy (non-hydrogen) atoms. The summed E-state index contributed by atoms with van der Waals surface area (Å²) in [5, 5.41) is 8.76. The summed E-state index contributed by atoms with van der Waals surface area (Å²) < 4.78 is 223. The molecule has 5 aromatic rings. The fourth-order valence-corrected chi connectivity index (χ4v) is 10.3. The topological polar surface area (TPSA) is 295 Å². The van der Waals surface area contributed by atoms with Crippen LogP contribution in [-0.2, 0) is 92.2 Å². The number of benzene rings is 2. The lowest BCUT2D eigenvalue weighted by Gasteiger charge is -2.28. The number of rotatable bonds is 20. The van der Waals surface area contributed by atoms with Crippen molar-refractivity contribution in [2.45, 2.75) is 114 Å². The van der Waals surface area contributed by atoms with Gasteiger partial charge in [-0.25, -0.2) is 36.1 Å².